The van der Waals surface area contributed by atoms with Gasteiger partial charge in [0.25, 0.3) is 0 Å². The second-order valence-electron chi connectivity index (χ2n) is 3.93. The molecule has 12 heavy (non-hydrogen) atoms. The van der Waals surface area contributed by atoms with Crippen LogP contribution in [0.25, 0.3) is 0 Å². The van der Waals surface area contributed by atoms with Gasteiger partial charge in [-0.25, -0.2) is 0 Å². The van der Waals surface area contributed by atoms with Gasteiger partial charge < -0.3 is 9.47 Å². The Bertz CT molecular complexity index is 108. The van der Waals surface area contributed by atoms with Crippen molar-refractivity contribution in [2.45, 2.75) is 44.8 Å². The van der Waals surface area contributed by atoms with E-state index in [0.29, 0.717) is 0 Å². The summed E-state index contributed by atoms with van der Waals surface area (Å²) in [4.78, 5) is 0. The molecule has 0 radical (unpaired) electrons. The van der Waals surface area contributed by atoms with E-state index >= 15 is 0 Å². The van der Waals surface area contributed by atoms with Crippen LogP contribution in [0.1, 0.15) is 38.5 Å². The summed E-state index contributed by atoms with van der Waals surface area (Å²) in [5.74, 6) is 0.828. The van der Waals surface area contributed by atoms with Gasteiger partial charge in [-0.3, -0.25) is 0 Å². The molecule has 1 saturated carbocycles. The smallest absolute Gasteiger partial charge is 0.157 e. The number of ether oxygens (including phenoxy) is 2. The molecule has 0 amide bonds. The Labute approximate surface area is 74.2 Å². The lowest BCUT2D eigenvalue weighted by Crippen LogP contribution is -2.15. The van der Waals surface area contributed by atoms with Crippen LogP contribution in [-0.4, -0.2) is 19.5 Å². The van der Waals surface area contributed by atoms with Crippen molar-refractivity contribution in [3.05, 3.63) is 0 Å². The molecule has 1 aliphatic carbocycles. The van der Waals surface area contributed by atoms with Crippen LogP contribution in [0.15, 0.2) is 0 Å². The van der Waals surface area contributed by atoms with Crippen molar-refractivity contribution >= 4 is 0 Å². The first-order valence-corrected chi connectivity index (χ1v) is 5.18. The normalized spacial score (nSPS) is 31.5. The van der Waals surface area contributed by atoms with Crippen LogP contribution < -0.4 is 0 Å². The quantitative estimate of drug-likeness (QED) is 0.647. The largest absolute Gasteiger partial charge is 0.353 e. The summed E-state index contributed by atoms with van der Waals surface area (Å²) < 4.78 is 11.1. The minimum atomic E-state index is 0.130. The molecule has 0 aromatic heterocycles. The van der Waals surface area contributed by atoms with Gasteiger partial charge in [-0.1, -0.05) is 12.8 Å². The Morgan fingerprint density at radius 3 is 2.58 bits per heavy atom. The standard InChI is InChI=1S/C10H18O2/c1-2-5-9(4-1)8-12-10-6-3-7-11-10/h9-10H,1-8H2/t10-/m0/s1. The zero-order chi connectivity index (χ0) is 8.23. The van der Waals surface area contributed by atoms with Gasteiger partial charge >= 0.3 is 0 Å². The second kappa shape index (κ2) is 4.24. The van der Waals surface area contributed by atoms with Crippen molar-refractivity contribution in [1.29, 1.82) is 0 Å². The molecule has 0 N–H and O–H groups in total. The lowest BCUT2D eigenvalue weighted by atomic mass is 10.1. The average Bonchev–Trinajstić information content (AvgIpc) is 2.74. The maximum absolute atomic E-state index is 5.66. The van der Waals surface area contributed by atoms with E-state index in [1.165, 1.54) is 32.1 Å². The summed E-state index contributed by atoms with van der Waals surface area (Å²) in [5.41, 5.74) is 0. The molecule has 1 saturated heterocycles. The molecule has 0 unspecified atom stereocenters. The Kier molecular flexibility index (Phi) is 3.01. The van der Waals surface area contributed by atoms with Crippen LogP contribution in [-0.2, 0) is 9.47 Å². The third kappa shape index (κ3) is 2.20. The van der Waals surface area contributed by atoms with Crippen molar-refractivity contribution in [3.63, 3.8) is 0 Å². The predicted molar refractivity (Wildman–Crippen MR) is 46.9 cm³/mol. The van der Waals surface area contributed by atoms with E-state index < -0.39 is 0 Å². The third-order valence-corrected chi connectivity index (χ3v) is 2.88. The molecule has 0 spiro atoms. The topological polar surface area (TPSA) is 18.5 Å². The van der Waals surface area contributed by atoms with Crippen molar-refractivity contribution in [2.75, 3.05) is 13.2 Å². The highest BCUT2D eigenvalue weighted by Gasteiger charge is 2.20. The molecule has 2 heteroatoms. The highest BCUT2D eigenvalue weighted by Crippen LogP contribution is 2.26. The van der Waals surface area contributed by atoms with Gasteiger partial charge in [0.2, 0.25) is 0 Å². The highest BCUT2D eigenvalue weighted by atomic mass is 16.7. The molecule has 0 bridgehead atoms. The Morgan fingerprint density at radius 2 is 1.92 bits per heavy atom. The summed E-state index contributed by atoms with van der Waals surface area (Å²) in [7, 11) is 0. The van der Waals surface area contributed by atoms with Gasteiger partial charge in [0, 0.05) is 13.0 Å². The molecule has 0 aromatic carbocycles. The van der Waals surface area contributed by atoms with E-state index in [2.05, 4.69) is 0 Å². The van der Waals surface area contributed by atoms with Crippen LogP contribution in [0.2, 0.25) is 0 Å². The maximum Gasteiger partial charge on any atom is 0.157 e. The van der Waals surface area contributed by atoms with Gasteiger partial charge in [0.15, 0.2) is 6.29 Å². The fraction of sp³-hybridized carbons (Fsp3) is 1.00. The first-order chi connectivity index (χ1) is 5.95. The van der Waals surface area contributed by atoms with E-state index in [4.69, 9.17) is 9.47 Å². The Hall–Kier alpha value is -0.0800. The summed E-state index contributed by atoms with van der Waals surface area (Å²) >= 11 is 0. The molecule has 1 heterocycles. The van der Waals surface area contributed by atoms with E-state index in [0.717, 1.165) is 25.6 Å². The van der Waals surface area contributed by atoms with Gasteiger partial charge in [-0.2, -0.15) is 0 Å². The number of hydrogen-bond donors (Lipinski definition) is 0. The van der Waals surface area contributed by atoms with Gasteiger partial charge in [0.05, 0.1) is 6.61 Å². The summed E-state index contributed by atoms with van der Waals surface area (Å²) in [6, 6.07) is 0. The zero-order valence-corrected chi connectivity index (χ0v) is 7.63. The van der Waals surface area contributed by atoms with Crippen molar-refractivity contribution in [1.82, 2.24) is 0 Å². The van der Waals surface area contributed by atoms with Crippen LogP contribution in [0, 0.1) is 5.92 Å². The molecule has 2 rings (SSSR count). The van der Waals surface area contributed by atoms with E-state index in [1.54, 1.807) is 0 Å². The fourth-order valence-corrected chi connectivity index (χ4v) is 2.10. The first-order valence-electron chi connectivity index (χ1n) is 5.18. The monoisotopic (exact) mass is 170 g/mol. The fourth-order valence-electron chi connectivity index (χ4n) is 2.10. The van der Waals surface area contributed by atoms with E-state index in [1.807, 2.05) is 0 Å². The lowest BCUT2D eigenvalue weighted by molar-refractivity contribution is -0.119. The lowest BCUT2D eigenvalue weighted by Gasteiger charge is -2.14. The molecular weight excluding hydrogens is 152 g/mol. The highest BCUT2D eigenvalue weighted by molar-refractivity contribution is 4.67. The van der Waals surface area contributed by atoms with Gasteiger partial charge in [-0.15, -0.1) is 0 Å². The molecule has 2 aliphatic rings. The molecule has 0 aromatic rings. The summed E-state index contributed by atoms with van der Waals surface area (Å²) in [6.07, 6.45) is 7.95. The van der Waals surface area contributed by atoms with E-state index in [9.17, 15) is 0 Å². The molecule has 1 aliphatic heterocycles. The molecule has 1 atom stereocenters. The predicted octanol–water partition coefficient (Wildman–Crippen LogP) is 2.33. The summed E-state index contributed by atoms with van der Waals surface area (Å²) in [6.45, 7) is 1.83. The first kappa shape index (κ1) is 8.52. The maximum atomic E-state index is 5.66. The van der Waals surface area contributed by atoms with Crippen molar-refractivity contribution < 1.29 is 9.47 Å². The van der Waals surface area contributed by atoms with Gasteiger partial charge in [0.1, 0.15) is 0 Å². The molecule has 2 nitrogen and oxygen atoms in total. The zero-order valence-electron chi connectivity index (χ0n) is 7.63. The van der Waals surface area contributed by atoms with E-state index in [-0.39, 0.29) is 6.29 Å². The Balaban J connectivity index is 1.60. The van der Waals surface area contributed by atoms with Crippen LogP contribution in [0.3, 0.4) is 0 Å². The van der Waals surface area contributed by atoms with Crippen LogP contribution in [0.4, 0.5) is 0 Å². The average molecular weight is 170 g/mol. The van der Waals surface area contributed by atoms with Crippen molar-refractivity contribution in [2.24, 2.45) is 5.92 Å². The van der Waals surface area contributed by atoms with Crippen LogP contribution >= 0.6 is 0 Å². The molecular formula is C10H18O2. The molecule has 70 valence electrons. The van der Waals surface area contributed by atoms with Crippen LogP contribution in [0.5, 0.6) is 0 Å². The minimum Gasteiger partial charge on any atom is -0.353 e. The number of hydrogen-bond acceptors (Lipinski definition) is 2. The van der Waals surface area contributed by atoms with Gasteiger partial charge in [-0.05, 0) is 25.2 Å². The molecule has 2 fully saturated rings. The van der Waals surface area contributed by atoms with Crippen molar-refractivity contribution in [3.8, 4) is 0 Å². The third-order valence-electron chi connectivity index (χ3n) is 2.88. The minimum absolute atomic E-state index is 0.130. The Morgan fingerprint density at radius 1 is 1.08 bits per heavy atom. The summed E-state index contributed by atoms with van der Waals surface area (Å²) in [5, 5.41) is 0. The number of rotatable bonds is 3. The second-order valence-corrected chi connectivity index (χ2v) is 3.93. The SMILES string of the molecule is C1CCC(CO[C@H]2CCCO2)C1.